The highest BCUT2D eigenvalue weighted by atomic mass is 16.5. The number of hydrogen-bond acceptors (Lipinski definition) is 4. The first-order valence-corrected chi connectivity index (χ1v) is 8.90. The number of methoxy groups -OCH3 is 1. The van der Waals surface area contributed by atoms with E-state index in [0.717, 1.165) is 18.6 Å². The van der Waals surface area contributed by atoms with Crippen molar-refractivity contribution in [1.29, 1.82) is 0 Å². The summed E-state index contributed by atoms with van der Waals surface area (Å²) in [7, 11) is 1.66. The average molecular weight is 346 g/mol. The Morgan fingerprint density at radius 2 is 2.04 bits per heavy atom. The number of hydrogen-bond donors (Lipinski definition) is 2. The van der Waals surface area contributed by atoms with Gasteiger partial charge in [0.1, 0.15) is 5.75 Å². The van der Waals surface area contributed by atoms with Crippen LogP contribution in [0.5, 0.6) is 5.75 Å². The lowest BCUT2D eigenvalue weighted by Gasteiger charge is -2.38. The van der Waals surface area contributed by atoms with Crippen LogP contribution in [-0.2, 0) is 19.7 Å². The summed E-state index contributed by atoms with van der Waals surface area (Å²) in [5, 5.41) is 5.90. The molecule has 25 heavy (non-hydrogen) atoms. The monoisotopic (exact) mass is 346 g/mol. The van der Waals surface area contributed by atoms with Crippen molar-refractivity contribution in [2.75, 3.05) is 33.4 Å². The molecule has 0 aromatic heterocycles. The molecule has 0 bridgehead atoms. The summed E-state index contributed by atoms with van der Waals surface area (Å²) >= 11 is 0. The van der Waals surface area contributed by atoms with E-state index in [0.29, 0.717) is 39.1 Å². The van der Waals surface area contributed by atoms with E-state index < -0.39 is 0 Å². The third kappa shape index (κ3) is 4.12. The summed E-state index contributed by atoms with van der Waals surface area (Å²) in [4.78, 5) is 23.8. The second-order valence-electron chi connectivity index (χ2n) is 6.88. The van der Waals surface area contributed by atoms with Gasteiger partial charge in [0.05, 0.1) is 13.0 Å². The molecule has 0 aliphatic carbocycles. The molecule has 1 atom stereocenters. The third-order valence-corrected chi connectivity index (χ3v) is 5.39. The summed E-state index contributed by atoms with van der Waals surface area (Å²) in [6, 6.07) is 8.09. The van der Waals surface area contributed by atoms with E-state index in [1.807, 2.05) is 12.1 Å². The van der Waals surface area contributed by atoms with Crippen LogP contribution in [0.2, 0.25) is 0 Å². The zero-order chi connectivity index (χ0) is 17.7. The van der Waals surface area contributed by atoms with Crippen LogP contribution >= 0.6 is 0 Å². The maximum atomic E-state index is 12.5. The molecule has 2 aliphatic rings. The summed E-state index contributed by atoms with van der Waals surface area (Å²) in [5.74, 6) is 0.751. The predicted octanol–water partition coefficient (Wildman–Crippen LogP) is 1.39. The van der Waals surface area contributed by atoms with Gasteiger partial charge in [0, 0.05) is 38.1 Å². The van der Waals surface area contributed by atoms with Crippen molar-refractivity contribution in [1.82, 2.24) is 10.6 Å². The molecule has 2 aliphatic heterocycles. The molecule has 0 saturated carbocycles. The van der Waals surface area contributed by atoms with Crippen molar-refractivity contribution < 1.29 is 19.1 Å². The lowest BCUT2D eigenvalue weighted by Crippen LogP contribution is -2.48. The molecular formula is C19H26N2O4. The quantitative estimate of drug-likeness (QED) is 0.845. The first-order valence-electron chi connectivity index (χ1n) is 8.90. The Bertz CT molecular complexity index is 598. The van der Waals surface area contributed by atoms with E-state index in [1.165, 1.54) is 5.56 Å². The van der Waals surface area contributed by atoms with Crippen LogP contribution in [-0.4, -0.2) is 45.2 Å². The second-order valence-corrected chi connectivity index (χ2v) is 6.88. The predicted molar refractivity (Wildman–Crippen MR) is 93.5 cm³/mol. The zero-order valence-corrected chi connectivity index (χ0v) is 14.7. The van der Waals surface area contributed by atoms with Gasteiger partial charge in [-0.15, -0.1) is 0 Å². The van der Waals surface area contributed by atoms with Gasteiger partial charge >= 0.3 is 0 Å². The molecule has 2 N–H and O–H groups in total. The van der Waals surface area contributed by atoms with Gasteiger partial charge in [0.25, 0.3) is 0 Å². The van der Waals surface area contributed by atoms with Crippen molar-refractivity contribution >= 4 is 11.8 Å². The van der Waals surface area contributed by atoms with E-state index in [-0.39, 0.29) is 23.1 Å². The zero-order valence-electron chi connectivity index (χ0n) is 14.7. The lowest BCUT2D eigenvalue weighted by molar-refractivity contribution is -0.129. The Kier molecular flexibility index (Phi) is 5.58. The van der Waals surface area contributed by atoms with Crippen molar-refractivity contribution in [3.63, 3.8) is 0 Å². The van der Waals surface area contributed by atoms with Crippen molar-refractivity contribution in [2.45, 2.75) is 31.1 Å². The maximum Gasteiger partial charge on any atom is 0.224 e. The Morgan fingerprint density at radius 1 is 1.32 bits per heavy atom. The molecule has 6 heteroatoms. The molecule has 2 fully saturated rings. The Morgan fingerprint density at radius 3 is 2.64 bits per heavy atom. The number of nitrogens with one attached hydrogen (secondary N) is 2. The standard InChI is InChI=1S/C19H26N2O4/c1-24-16-5-3-15(4-6-16)19(8-10-25-11-9-19)13-21-18(23)14-2-7-17(22)20-12-14/h3-6,14H,2,7-13H2,1H3,(H,20,22)(H,21,23)/t14-/m1/s1. The summed E-state index contributed by atoms with van der Waals surface area (Å²) < 4.78 is 10.8. The van der Waals surface area contributed by atoms with Gasteiger partial charge in [0.15, 0.2) is 0 Å². The molecule has 2 amide bonds. The number of carbonyl (C=O) groups is 2. The van der Waals surface area contributed by atoms with E-state index in [1.54, 1.807) is 7.11 Å². The summed E-state index contributed by atoms with van der Waals surface area (Å²) in [5.41, 5.74) is 1.09. The number of carbonyl (C=O) groups excluding carboxylic acids is 2. The largest absolute Gasteiger partial charge is 0.497 e. The highest BCUT2D eigenvalue weighted by molar-refractivity contribution is 5.83. The fraction of sp³-hybridized carbons (Fsp3) is 0.579. The van der Waals surface area contributed by atoms with Crippen LogP contribution in [0.1, 0.15) is 31.2 Å². The van der Waals surface area contributed by atoms with Crippen LogP contribution in [0.3, 0.4) is 0 Å². The lowest BCUT2D eigenvalue weighted by atomic mass is 9.74. The van der Waals surface area contributed by atoms with Gasteiger partial charge in [-0.2, -0.15) is 0 Å². The van der Waals surface area contributed by atoms with Gasteiger partial charge in [-0.1, -0.05) is 12.1 Å². The van der Waals surface area contributed by atoms with Gasteiger partial charge in [-0.05, 0) is 37.0 Å². The minimum atomic E-state index is -0.134. The van der Waals surface area contributed by atoms with Gasteiger partial charge < -0.3 is 20.1 Å². The molecule has 6 nitrogen and oxygen atoms in total. The Labute approximate surface area is 148 Å². The number of ether oxygens (including phenoxy) is 2. The topological polar surface area (TPSA) is 76.7 Å². The number of piperidine rings is 1. The van der Waals surface area contributed by atoms with Crippen molar-refractivity contribution in [3.05, 3.63) is 29.8 Å². The van der Waals surface area contributed by atoms with E-state index in [2.05, 4.69) is 22.8 Å². The molecule has 1 aromatic rings. The summed E-state index contributed by atoms with van der Waals surface area (Å²) in [6.07, 6.45) is 2.80. The molecule has 136 valence electrons. The van der Waals surface area contributed by atoms with Gasteiger partial charge in [0.2, 0.25) is 11.8 Å². The van der Waals surface area contributed by atoms with Crippen LogP contribution in [0.25, 0.3) is 0 Å². The SMILES string of the molecule is COc1ccc(C2(CNC(=O)[C@@H]3CCC(=O)NC3)CCOCC2)cc1. The molecule has 2 heterocycles. The Hall–Kier alpha value is -2.08. The fourth-order valence-corrected chi connectivity index (χ4v) is 3.63. The van der Waals surface area contributed by atoms with Gasteiger partial charge in [-0.3, -0.25) is 9.59 Å². The molecule has 0 unspecified atom stereocenters. The minimum absolute atomic E-state index is 0.0272. The van der Waals surface area contributed by atoms with Crippen molar-refractivity contribution in [2.24, 2.45) is 5.92 Å². The molecule has 0 radical (unpaired) electrons. The van der Waals surface area contributed by atoms with E-state index >= 15 is 0 Å². The maximum absolute atomic E-state index is 12.5. The first-order chi connectivity index (χ1) is 12.1. The average Bonchev–Trinajstić information content (AvgIpc) is 2.67. The number of rotatable bonds is 5. The van der Waals surface area contributed by atoms with Crippen LogP contribution in [0, 0.1) is 5.92 Å². The molecular weight excluding hydrogens is 320 g/mol. The smallest absolute Gasteiger partial charge is 0.224 e. The number of amides is 2. The second kappa shape index (κ2) is 7.87. The third-order valence-electron chi connectivity index (χ3n) is 5.39. The molecule has 2 saturated heterocycles. The normalized spacial score (nSPS) is 22.8. The highest BCUT2D eigenvalue weighted by Crippen LogP contribution is 2.35. The molecule has 3 rings (SSSR count). The van der Waals surface area contributed by atoms with Crippen LogP contribution < -0.4 is 15.4 Å². The van der Waals surface area contributed by atoms with Crippen LogP contribution in [0.4, 0.5) is 0 Å². The molecule has 1 aromatic carbocycles. The van der Waals surface area contributed by atoms with Crippen molar-refractivity contribution in [3.8, 4) is 5.75 Å². The minimum Gasteiger partial charge on any atom is -0.497 e. The van der Waals surface area contributed by atoms with E-state index in [9.17, 15) is 9.59 Å². The van der Waals surface area contributed by atoms with Gasteiger partial charge in [-0.25, -0.2) is 0 Å². The fourth-order valence-electron chi connectivity index (χ4n) is 3.63. The number of benzene rings is 1. The first kappa shape index (κ1) is 17.7. The van der Waals surface area contributed by atoms with Crippen LogP contribution in [0.15, 0.2) is 24.3 Å². The van der Waals surface area contributed by atoms with E-state index in [4.69, 9.17) is 9.47 Å². The Balaban J connectivity index is 1.68. The highest BCUT2D eigenvalue weighted by Gasteiger charge is 2.36. The summed E-state index contributed by atoms with van der Waals surface area (Å²) in [6.45, 7) is 2.41. The molecule has 0 spiro atoms.